The maximum absolute atomic E-state index is 13.0. The first-order valence-corrected chi connectivity index (χ1v) is 10.7. The smallest absolute Gasteiger partial charge is 0.282 e. The van der Waals surface area contributed by atoms with E-state index in [1.807, 2.05) is 0 Å². The Bertz CT molecular complexity index is 1420. The number of benzene rings is 3. The molecule has 3 aromatic rings. The van der Waals surface area contributed by atoms with Crippen LogP contribution in [0.25, 0.3) is 0 Å². The lowest BCUT2D eigenvalue weighted by molar-refractivity contribution is -0.385. The molecule has 11 nitrogen and oxygen atoms in total. The van der Waals surface area contributed by atoms with Crippen molar-refractivity contribution in [2.24, 2.45) is 0 Å². The average molecular weight is 488 g/mol. The summed E-state index contributed by atoms with van der Waals surface area (Å²) in [7, 11) is 1.50. The summed E-state index contributed by atoms with van der Waals surface area (Å²) in [6.07, 6.45) is 0. The zero-order valence-electron chi connectivity index (χ0n) is 19.2. The minimum absolute atomic E-state index is 0.138. The minimum Gasteiger partial charge on any atom is -0.497 e. The highest BCUT2D eigenvalue weighted by Crippen LogP contribution is 2.32. The highest BCUT2D eigenvalue weighted by Gasteiger charge is 2.45. The number of nitrogens with zero attached hydrogens (tertiary/aromatic N) is 2. The van der Waals surface area contributed by atoms with E-state index in [9.17, 15) is 29.3 Å². The molecule has 1 atom stereocenters. The SMILES string of the molecule is COc1cccc(NC(=O)c2ccccc2NC(=O)C(C)N2C(=O)c3cccc([N+](=O)[O-])c3C2=O)c1. The van der Waals surface area contributed by atoms with E-state index in [0.29, 0.717) is 16.3 Å². The number of methoxy groups -OCH3 is 1. The maximum Gasteiger partial charge on any atom is 0.282 e. The summed E-state index contributed by atoms with van der Waals surface area (Å²) in [5.74, 6) is -2.47. The van der Waals surface area contributed by atoms with Crippen molar-refractivity contribution in [3.63, 3.8) is 0 Å². The van der Waals surface area contributed by atoms with Crippen LogP contribution in [-0.2, 0) is 4.79 Å². The van der Waals surface area contributed by atoms with E-state index < -0.39 is 40.3 Å². The fraction of sp³-hybridized carbons (Fsp3) is 0.120. The first kappa shape index (κ1) is 24.1. The molecule has 0 aromatic heterocycles. The number of hydrogen-bond acceptors (Lipinski definition) is 7. The Labute approximate surface area is 204 Å². The first-order chi connectivity index (χ1) is 17.2. The van der Waals surface area contributed by atoms with Gasteiger partial charge >= 0.3 is 0 Å². The number of nitrogens with one attached hydrogen (secondary N) is 2. The van der Waals surface area contributed by atoms with Gasteiger partial charge in [-0.1, -0.05) is 24.3 Å². The molecule has 0 aliphatic carbocycles. The molecule has 4 rings (SSSR count). The van der Waals surface area contributed by atoms with Crippen LogP contribution < -0.4 is 15.4 Å². The number of ether oxygens (including phenoxy) is 1. The van der Waals surface area contributed by atoms with E-state index in [-0.39, 0.29) is 22.4 Å². The van der Waals surface area contributed by atoms with Crippen molar-refractivity contribution >= 4 is 40.7 Å². The third kappa shape index (κ3) is 4.37. The van der Waals surface area contributed by atoms with E-state index in [2.05, 4.69) is 10.6 Å². The zero-order valence-corrected chi connectivity index (χ0v) is 19.2. The summed E-state index contributed by atoms with van der Waals surface area (Å²) in [5, 5.41) is 16.6. The predicted molar refractivity (Wildman–Crippen MR) is 129 cm³/mol. The number of nitro benzene ring substituents is 1. The fourth-order valence-electron chi connectivity index (χ4n) is 3.83. The lowest BCUT2D eigenvalue weighted by atomic mass is 10.1. The summed E-state index contributed by atoms with van der Waals surface area (Å²) < 4.78 is 5.15. The van der Waals surface area contributed by atoms with Crippen molar-refractivity contribution < 1.29 is 28.8 Å². The number of rotatable bonds is 7. The molecule has 0 spiro atoms. The highest BCUT2D eigenvalue weighted by molar-refractivity contribution is 6.25. The largest absolute Gasteiger partial charge is 0.497 e. The molecule has 2 N–H and O–H groups in total. The highest BCUT2D eigenvalue weighted by atomic mass is 16.6. The summed E-state index contributed by atoms with van der Waals surface area (Å²) in [6.45, 7) is 1.32. The van der Waals surface area contributed by atoms with Gasteiger partial charge in [-0.25, -0.2) is 0 Å². The number of para-hydroxylation sites is 1. The zero-order chi connectivity index (χ0) is 26.0. The lowest BCUT2D eigenvalue weighted by Gasteiger charge is -2.22. The van der Waals surface area contributed by atoms with Crippen LogP contribution >= 0.6 is 0 Å². The average Bonchev–Trinajstić information content (AvgIpc) is 3.13. The molecule has 1 aliphatic heterocycles. The Kier molecular flexibility index (Phi) is 6.46. The molecule has 36 heavy (non-hydrogen) atoms. The van der Waals surface area contributed by atoms with Crippen LogP contribution in [0.3, 0.4) is 0 Å². The molecule has 1 aliphatic rings. The monoisotopic (exact) mass is 488 g/mol. The second kappa shape index (κ2) is 9.66. The quantitative estimate of drug-likeness (QED) is 0.294. The number of amides is 4. The summed E-state index contributed by atoms with van der Waals surface area (Å²) in [6, 6.07) is 15.3. The fourth-order valence-corrected chi connectivity index (χ4v) is 3.83. The Morgan fingerprint density at radius 1 is 0.972 bits per heavy atom. The molecular weight excluding hydrogens is 468 g/mol. The van der Waals surface area contributed by atoms with E-state index in [0.717, 1.165) is 6.07 Å². The molecule has 0 bridgehead atoms. The molecule has 182 valence electrons. The van der Waals surface area contributed by atoms with Crippen LogP contribution in [0, 0.1) is 10.1 Å². The number of carbonyl (C=O) groups is 4. The van der Waals surface area contributed by atoms with Gasteiger partial charge in [0, 0.05) is 17.8 Å². The molecule has 0 saturated heterocycles. The number of carbonyl (C=O) groups excluding carboxylic acids is 4. The maximum atomic E-state index is 13.0. The Balaban J connectivity index is 1.55. The van der Waals surface area contributed by atoms with Gasteiger partial charge in [0.2, 0.25) is 5.91 Å². The second-order valence-electron chi connectivity index (χ2n) is 7.83. The third-order valence-corrected chi connectivity index (χ3v) is 5.64. The van der Waals surface area contributed by atoms with Gasteiger partial charge in [0.05, 0.1) is 28.8 Å². The number of nitro groups is 1. The second-order valence-corrected chi connectivity index (χ2v) is 7.83. The van der Waals surface area contributed by atoms with E-state index >= 15 is 0 Å². The minimum atomic E-state index is -1.31. The molecular formula is C25H20N4O7. The van der Waals surface area contributed by atoms with Crippen molar-refractivity contribution in [3.05, 3.63) is 93.5 Å². The van der Waals surface area contributed by atoms with Gasteiger partial charge in [0.25, 0.3) is 23.4 Å². The van der Waals surface area contributed by atoms with E-state index in [4.69, 9.17) is 4.74 Å². The van der Waals surface area contributed by atoms with Gasteiger partial charge in [-0.05, 0) is 37.3 Å². The summed E-state index contributed by atoms with van der Waals surface area (Å²) >= 11 is 0. The molecule has 0 fully saturated rings. The predicted octanol–water partition coefficient (Wildman–Crippen LogP) is 3.48. The Hall–Kier alpha value is -5.06. The Morgan fingerprint density at radius 3 is 2.42 bits per heavy atom. The van der Waals surface area contributed by atoms with Crippen molar-refractivity contribution in [1.29, 1.82) is 0 Å². The standard InChI is InChI=1S/C25H20N4O7/c1-14(28-24(32)18-10-6-12-20(29(34)35)21(18)25(28)33)22(30)27-19-11-4-3-9-17(19)23(31)26-15-7-5-8-16(13-15)36-2/h3-14H,1-2H3,(H,26,31)(H,27,30). The van der Waals surface area contributed by atoms with Gasteiger partial charge in [-0.3, -0.25) is 34.2 Å². The van der Waals surface area contributed by atoms with Gasteiger partial charge < -0.3 is 15.4 Å². The third-order valence-electron chi connectivity index (χ3n) is 5.64. The van der Waals surface area contributed by atoms with Crippen molar-refractivity contribution in [2.45, 2.75) is 13.0 Å². The summed E-state index contributed by atoms with van der Waals surface area (Å²) in [5.41, 5.74) is -0.254. The van der Waals surface area contributed by atoms with Crippen molar-refractivity contribution in [2.75, 3.05) is 17.7 Å². The van der Waals surface area contributed by atoms with Gasteiger partial charge in [0.15, 0.2) is 0 Å². The molecule has 4 amide bonds. The van der Waals surface area contributed by atoms with E-state index in [1.54, 1.807) is 36.4 Å². The normalized spacial score (nSPS) is 13.1. The molecule has 1 unspecified atom stereocenters. The molecule has 0 radical (unpaired) electrons. The van der Waals surface area contributed by atoms with E-state index in [1.165, 1.54) is 38.3 Å². The number of imide groups is 1. The van der Waals surface area contributed by atoms with Crippen LogP contribution in [0.1, 0.15) is 38.0 Å². The van der Waals surface area contributed by atoms with Gasteiger partial charge in [0.1, 0.15) is 17.4 Å². The summed E-state index contributed by atoms with van der Waals surface area (Å²) in [4.78, 5) is 62.9. The Morgan fingerprint density at radius 2 is 1.69 bits per heavy atom. The molecule has 3 aromatic carbocycles. The number of anilines is 2. The van der Waals surface area contributed by atoms with Crippen LogP contribution in [0.2, 0.25) is 0 Å². The first-order valence-electron chi connectivity index (χ1n) is 10.7. The number of hydrogen-bond donors (Lipinski definition) is 2. The van der Waals surface area contributed by atoms with Crippen molar-refractivity contribution in [3.8, 4) is 5.75 Å². The van der Waals surface area contributed by atoms with Gasteiger partial charge in [-0.15, -0.1) is 0 Å². The molecule has 1 heterocycles. The van der Waals surface area contributed by atoms with Crippen LogP contribution in [0.15, 0.2) is 66.7 Å². The lowest BCUT2D eigenvalue weighted by Crippen LogP contribution is -2.45. The van der Waals surface area contributed by atoms with Crippen LogP contribution in [-0.4, -0.2) is 46.6 Å². The molecule has 0 saturated carbocycles. The van der Waals surface area contributed by atoms with Crippen molar-refractivity contribution in [1.82, 2.24) is 4.90 Å². The van der Waals surface area contributed by atoms with Crippen LogP contribution in [0.4, 0.5) is 17.1 Å². The molecule has 11 heteroatoms. The van der Waals surface area contributed by atoms with Crippen LogP contribution in [0.5, 0.6) is 5.75 Å². The number of fused-ring (bicyclic) bond motifs is 1. The topological polar surface area (TPSA) is 148 Å². The van der Waals surface area contributed by atoms with Gasteiger partial charge in [-0.2, -0.15) is 0 Å².